The largest absolute Gasteiger partial charge is 0.507 e. The number of rotatable bonds is 5. The lowest BCUT2D eigenvalue weighted by molar-refractivity contribution is -0.140. The van der Waals surface area contributed by atoms with Crippen LogP contribution >= 0.6 is 23.2 Å². The van der Waals surface area contributed by atoms with Crippen molar-refractivity contribution in [1.29, 1.82) is 0 Å². The molecule has 0 bridgehead atoms. The van der Waals surface area contributed by atoms with Crippen molar-refractivity contribution < 1.29 is 14.7 Å². The molecule has 0 aliphatic carbocycles. The highest BCUT2D eigenvalue weighted by molar-refractivity contribution is 6.47. The van der Waals surface area contributed by atoms with Crippen LogP contribution in [0.25, 0.3) is 5.76 Å². The predicted octanol–water partition coefficient (Wildman–Crippen LogP) is 4.25. The van der Waals surface area contributed by atoms with Crippen molar-refractivity contribution in [3.8, 4) is 0 Å². The fourth-order valence-corrected chi connectivity index (χ4v) is 5.13. The number of Topliss-reactive ketones (excluding diaryl/α,β-unsaturated/α-hetero) is 1. The van der Waals surface area contributed by atoms with Crippen molar-refractivity contribution in [3.63, 3.8) is 0 Å². The number of carbonyl (C=O) groups is 2. The van der Waals surface area contributed by atoms with E-state index in [0.29, 0.717) is 45.6 Å². The third kappa shape index (κ3) is 4.42. The number of ketones is 1. The maximum Gasteiger partial charge on any atom is 0.295 e. The third-order valence-corrected chi connectivity index (χ3v) is 7.39. The molecule has 2 aliphatic heterocycles. The van der Waals surface area contributed by atoms with E-state index in [1.807, 2.05) is 6.92 Å². The first kappa shape index (κ1) is 23.8. The molecule has 7 nitrogen and oxygen atoms in total. The normalized spacial score (nSPS) is 21.2. The molecule has 1 atom stereocenters. The number of benzene rings is 1. The molecule has 1 aromatic carbocycles. The zero-order valence-corrected chi connectivity index (χ0v) is 20.6. The Hall–Kier alpha value is -2.35. The Labute approximate surface area is 203 Å². The van der Waals surface area contributed by atoms with Crippen LogP contribution in [0.4, 0.5) is 0 Å². The molecule has 2 aliphatic rings. The smallest absolute Gasteiger partial charge is 0.295 e. The summed E-state index contributed by atoms with van der Waals surface area (Å²) in [5.74, 6) is -1.54. The van der Waals surface area contributed by atoms with Gasteiger partial charge in [-0.25, -0.2) is 0 Å². The molecule has 3 heterocycles. The SMILES string of the molecule is Cc1nn(C)c(C)c1/C(O)=C1\C(=O)C(=O)N(CCN2CCCCC2)C1c1ccc(Cl)c(Cl)c1. The Balaban J connectivity index is 1.80. The molecule has 2 fully saturated rings. The van der Waals surface area contributed by atoms with Gasteiger partial charge in [0, 0.05) is 25.8 Å². The molecule has 176 valence electrons. The van der Waals surface area contributed by atoms with Gasteiger partial charge in [-0.3, -0.25) is 14.3 Å². The number of aliphatic hydroxyl groups excluding tert-OH is 1. The van der Waals surface area contributed by atoms with Crippen molar-refractivity contribution in [2.75, 3.05) is 26.2 Å². The number of amides is 1. The van der Waals surface area contributed by atoms with Crippen LogP contribution in [0, 0.1) is 13.8 Å². The lowest BCUT2D eigenvalue weighted by atomic mass is 9.94. The van der Waals surface area contributed by atoms with Gasteiger partial charge >= 0.3 is 0 Å². The Morgan fingerprint density at radius 3 is 2.39 bits per heavy atom. The average Bonchev–Trinajstić information content (AvgIpc) is 3.20. The number of halogens is 2. The van der Waals surface area contributed by atoms with Crippen LogP contribution in [0.3, 0.4) is 0 Å². The van der Waals surface area contributed by atoms with E-state index in [1.54, 1.807) is 41.8 Å². The van der Waals surface area contributed by atoms with Gasteiger partial charge in [-0.1, -0.05) is 35.7 Å². The third-order valence-electron chi connectivity index (χ3n) is 6.65. The molecule has 9 heteroatoms. The molecule has 1 amide bonds. The molecule has 33 heavy (non-hydrogen) atoms. The molecule has 0 saturated carbocycles. The molecule has 2 saturated heterocycles. The number of piperidine rings is 1. The zero-order chi connectivity index (χ0) is 23.9. The van der Waals surface area contributed by atoms with Crippen molar-refractivity contribution in [3.05, 3.63) is 56.3 Å². The standard InChI is InChI=1S/C24H28Cl2N4O3/c1-14-19(15(2)28(3)27-14)22(31)20-21(16-7-8-17(25)18(26)13-16)30(24(33)23(20)32)12-11-29-9-5-4-6-10-29/h7-8,13,21,31H,4-6,9-12H2,1-3H3/b22-20+. The minimum absolute atomic E-state index is 0.0521. The Morgan fingerprint density at radius 2 is 1.79 bits per heavy atom. The average molecular weight is 491 g/mol. The molecular weight excluding hydrogens is 463 g/mol. The number of carbonyl (C=O) groups excluding carboxylic acids is 2. The summed E-state index contributed by atoms with van der Waals surface area (Å²) in [4.78, 5) is 30.3. The monoisotopic (exact) mass is 490 g/mol. The lowest BCUT2D eigenvalue weighted by Gasteiger charge is -2.31. The van der Waals surface area contributed by atoms with Gasteiger partial charge in [-0.15, -0.1) is 0 Å². The molecule has 1 aromatic heterocycles. The Morgan fingerprint density at radius 1 is 1.09 bits per heavy atom. The maximum absolute atomic E-state index is 13.2. The minimum atomic E-state index is -0.761. The molecule has 1 unspecified atom stereocenters. The van der Waals surface area contributed by atoms with Crippen molar-refractivity contribution >= 4 is 40.7 Å². The van der Waals surface area contributed by atoms with Crippen molar-refractivity contribution in [1.82, 2.24) is 19.6 Å². The molecule has 0 radical (unpaired) electrons. The number of aryl methyl sites for hydroxylation is 2. The maximum atomic E-state index is 13.2. The second-order valence-corrected chi connectivity index (χ2v) is 9.55. The minimum Gasteiger partial charge on any atom is -0.507 e. The first-order chi connectivity index (χ1) is 15.7. The van der Waals surface area contributed by atoms with Gasteiger partial charge in [-0.05, 0) is 57.5 Å². The fourth-order valence-electron chi connectivity index (χ4n) is 4.82. The van der Waals surface area contributed by atoms with E-state index < -0.39 is 17.7 Å². The van der Waals surface area contributed by atoms with Gasteiger partial charge in [0.1, 0.15) is 5.76 Å². The topological polar surface area (TPSA) is 78.7 Å². The summed E-state index contributed by atoms with van der Waals surface area (Å²) in [6, 6.07) is 4.29. The fraction of sp³-hybridized carbons (Fsp3) is 0.458. The van der Waals surface area contributed by atoms with E-state index in [1.165, 1.54) is 6.42 Å². The Kier molecular flexibility index (Phi) is 6.84. The summed E-state index contributed by atoms with van der Waals surface area (Å²) < 4.78 is 1.64. The number of hydrogen-bond acceptors (Lipinski definition) is 5. The van der Waals surface area contributed by atoms with Crippen LogP contribution in [0.2, 0.25) is 10.0 Å². The number of aliphatic hydroxyl groups is 1. The van der Waals surface area contributed by atoms with Gasteiger partial charge in [0.2, 0.25) is 0 Å². The molecule has 1 N–H and O–H groups in total. The second kappa shape index (κ2) is 9.49. The van der Waals surface area contributed by atoms with Gasteiger partial charge in [0.05, 0.1) is 32.9 Å². The van der Waals surface area contributed by atoms with Crippen LogP contribution in [0.1, 0.15) is 47.8 Å². The van der Waals surface area contributed by atoms with E-state index in [9.17, 15) is 14.7 Å². The van der Waals surface area contributed by atoms with Crippen LogP contribution in [-0.2, 0) is 16.6 Å². The molecule has 4 rings (SSSR count). The highest BCUT2D eigenvalue weighted by Crippen LogP contribution is 2.41. The van der Waals surface area contributed by atoms with Crippen molar-refractivity contribution in [2.24, 2.45) is 7.05 Å². The summed E-state index contributed by atoms with van der Waals surface area (Å²) >= 11 is 12.4. The number of hydrogen-bond donors (Lipinski definition) is 1. The number of aromatic nitrogens is 2. The predicted molar refractivity (Wildman–Crippen MR) is 128 cm³/mol. The number of likely N-dealkylation sites (tertiary alicyclic amines) is 2. The van der Waals surface area contributed by atoms with E-state index in [2.05, 4.69) is 10.00 Å². The molecule has 2 aromatic rings. The quantitative estimate of drug-likeness (QED) is 0.385. The lowest BCUT2D eigenvalue weighted by Crippen LogP contribution is -2.40. The van der Waals surface area contributed by atoms with Gasteiger partial charge in [0.25, 0.3) is 11.7 Å². The highest BCUT2D eigenvalue weighted by atomic mass is 35.5. The summed E-state index contributed by atoms with van der Waals surface area (Å²) in [6.07, 6.45) is 3.48. The summed E-state index contributed by atoms with van der Waals surface area (Å²) in [5.41, 5.74) is 2.44. The van der Waals surface area contributed by atoms with Crippen molar-refractivity contribution in [2.45, 2.75) is 39.2 Å². The first-order valence-electron chi connectivity index (χ1n) is 11.2. The van der Waals surface area contributed by atoms with Gasteiger partial charge < -0.3 is 14.9 Å². The second-order valence-electron chi connectivity index (χ2n) is 8.74. The highest BCUT2D eigenvalue weighted by Gasteiger charge is 2.46. The van der Waals surface area contributed by atoms with Gasteiger partial charge in [-0.2, -0.15) is 5.10 Å². The number of nitrogens with zero attached hydrogens (tertiary/aromatic N) is 4. The van der Waals surface area contributed by atoms with Crippen LogP contribution in [0.15, 0.2) is 23.8 Å². The van der Waals surface area contributed by atoms with Crippen LogP contribution in [0.5, 0.6) is 0 Å². The zero-order valence-electron chi connectivity index (χ0n) is 19.1. The molecule has 0 spiro atoms. The van der Waals surface area contributed by atoms with E-state index in [0.717, 1.165) is 25.9 Å². The summed E-state index contributed by atoms with van der Waals surface area (Å²) in [5, 5.41) is 16.4. The molecular formula is C24H28Cl2N4O3. The van der Waals surface area contributed by atoms with E-state index >= 15 is 0 Å². The van der Waals surface area contributed by atoms with E-state index in [-0.39, 0.29) is 11.3 Å². The first-order valence-corrected chi connectivity index (χ1v) is 11.9. The van der Waals surface area contributed by atoms with Crippen LogP contribution in [-0.4, -0.2) is 62.6 Å². The summed E-state index contributed by atoms with van der Waals surface area (Å²) in [6.45, 7) is 6.58. The summed E-state index contributed by atoms with van der Waals surface area (Å²) in [7, 11) is 1.77. The van der Waals surface area contributed by atoms with E-state index in [4.69, 9.17) is 23.2 Å². The Bertz CT molecular complexity index is 1130. The van der Waals surface area contributed by atoms with Crippen LogP contribution < -0.4 is 0 Å². The van der Waals surface area contributed by atoms with Gasteiger partial charge in [0.15, 0.2) is 0 Å².